The molecular formula is C16H24FN5O3. The third kappa shape index (κ3) is 3.73. The smallest absolute Gasteiger partial charge is 0.326 e. The predicted octanol–water partition coefficient (Wildman–Crippen LogP) is -0.357. The predicted molar refractivity (Wildman–Crippen MR) is 89.0 cm³/mol. The molecule has 1 aromatic carbocycles. The lowest BCUT2D eigenvalue weighted by Gasteiger charge is -2.48. The molecule has 25 heavy (non-hydrogen) atoms. The number of nitrogens with one attached hydrogen (secondary N) is 1. The molecule has 1 aliphatic heterocycles. The summed E-state index contributed by atoms with van der Waals surface area (Å²) >= 11 is 0. The monoisotopic (exact) mass is 353 g/mol. The summed E-state index contributed by atoms with van der Waals surface area (Å²) < 4.78 is 13.6. The molecule has 138 valence electrons. The molecule has 0 radical (unpaired) electrons. The van der Waals surface area contributed by atoms with Gasteiger partial charge in [0, 0.05) is 19.7 Å². The van der Waals surface area contributed by atoms with Gasteiger partial charge in [0.15, 0.2) is 0 Å². The van der Waals surface area contributed by atoms with E-state index in [1.807, 2.05) is 0 Å². The van der Waals surface area contributed by atoms with Crippen molar-refractivity contribution >= 4 is 11.9 Å². The number of benzene rings is 1. The van der Waals surface area contributed by atoms with E-state index in [0.29, 0.717) is 30.5 Å². The number of nitrogens with two attached hydrogens (primary N) is 3. The summed E-state index contributed by atoms with van der Waals surface area (Å²) in [6, 6.07) is 3.09. The fourth-order valence-electron chi connectivity index (χ4n) is 3.60. The molecule has 8 nitrogen and oxygen atoms in total. The Balaban J connectivity index is 2.61. The van der Waals surface area contributed by atoms with Crippen LogP contribution in [0.4, 0.5) is 9.18 Å². The molecule has 0 aromatic heterocycles. The average Bonchev–Trinajstić information content (AvgIpc) is 2.55. The van der Waals surface area contributed by atoms with Gasteiger partial charge >= 0.3 is 6.03 Å². The largest absolute Gasteiger partial charge is 0.396 e. The Kier molecular flexibility index (Phi) is 5.93. The fourth-order valence-corrected chi connectivity index (χ4v) is 3.60. The zero-order valence-electron chi connectivity index (χ0n) is 13.9. The van der Waals surface area contributed by atoms with Crippen molar-refractivity contribution < 1.29 is 19.1 Å². The van der Waals surface area contributed by atoms with Gasteiger partial charge in [-0.05, 0) is 48.4 Å². The second kappa shape index (κ2) is 7.77. The van der Waals surface area contributed by atoms with Crippen LogP contribution in [0.3, 0.4) is 0 Å². The number of carbonyl (C=O) groups is 2. The van der Waals surface area contributed by atoms with E-state index in [2.05, 4.69) is 5.43 Å². The molecule has 1 fully saturated rings. The first-order valence-corrected chi connectivity index (χ1v) is 8.08. The standard InChI is InChI=1S/C16H24FN5O3/c17-12-1-2-13(11(7-12)9-18)16(14(19)24)8-10(4-6-23)3-5-22(16)21-15(20)25/h1-2,7,10,23H,3-6,8-9,18H2,(H2,19,24)(H3,20,21,25). The van der Waals surface area contributed by atoms with Crippen LogP contribution in [0, 0.1) is 11.7 Å². The van der Waals surface area contributed by atoms with Crippen LogP contribution in [0.25, 0.3) is 0 Å². The van der Waals surface area contributed by atoms with Crippen molar-refractivity contribution in [1.29, 1.82) is 0 Å². The van der Waals surface area contributed by atoms with Gasteiger partial charge in [-0.1, -0.05) is 6.07 Å². The van der Waals surface area contributed by atoms with Crippen molar-refractivity contribution in [3.63, 3.8) is 0 Å². The maximum absolute atomic E-state index is 13.6. The summed E-state index contributed by atoms with van der Waals surface area (Å²) in [7, 11) is 0. The maximum Gasteiger partial charge on any atom is 0.326 e. The zero-order chi connectivity index (χ0) is 18.6. The van der Waals surface area contributed by atoms with Crippen LogP contribution >= 0.6 is 0 Å². The molecule has 9 heteroatoms. The SMILES string of the molecule is NCc1cc(F)ccc1C1(C(N)=O)CC(CCO)CCN1NC(N)=O. The quantitative estimate of drug-likeness (QED) is 0.474. The summed E-state index contributed by atoms with van der Waals surface area (Å²) in [6.45, 7) is 0.269. The van der Waals surface area contributed by atoms with Crippen LogP contribution in [0.1, 0.15) is 30.4 Å². The summed E-state index contributed by atoms with van der Waals surface area (Å²) in [5.41, 5.74) is 18.6. The Bertz CT molecular complexity index is 657. The van der Waals surface area contributed by atoms with Gasteiger partial charge in [0.25, 0.3) is 0 Å². The molecule has 2 atom stereocenters. The van der Waals surface area contributed by atoms with Crippen LogP contribution in [0.5, 0.6) is 0 Å². The van der Waals surface area contributed by atoms with Crippen LogP contribution in [0.15, 0.2) is 18.2 Å². The van der Waals surface area contributed by atoms with Crippen molar-refractivity contribution in [1.82, 2.24) is 10.4 Å². The molecule has 0 saturated carbocycles. The molecule has 1 aromatic rings. The normalized spacial score (nSPS) is 24.0. The molecule has 2 unspecified atom stereocenters. The van der Waals surface area contributed by atoms with Crippen LogP contribution < -0.4 is 22.6 Å². The highest BCUT2D eigenvalue weighted by Crippen LogP contribution is 2.41. The molecule has 1 heterocycles. The number of aliphatic hydroxyl groups excluding tert-OH is 1. The minimum Gasteiger partial charge on any atom is -0.396 e. The minimum atomic E-state index is -1.42. The van der Waals surface area contributed by atoms with Gasteiger partial charge in [-0.15, -0.1) is 0 Å². The van der Waals surface area contributed by atoms with Crippen molar-refractivity contribution in [2.75, 3.05) is 13.2 Å². The Hall–Kier alpha value is -2.23. The van der Waals surface area contributed by atoms with Gasteiger partial charge in [-0.3, -0.25) is 10.2 Å². The Morgan fingerprint density at radius 1 is 1.40 bits per heavy atom. The summed E-state index contributed by atoms with van der Waals surface area (Å²) in [6.07, 6.45) is 1.37. The van der Waals surface area contributed by atoms with E-state index in [4.69, 9.17) is 17.2 Å². The van der Waals surface area contributed by atoms with E-state index < -0.39 is 23.3 Å². The molecule has 3 amide bonds. The van der Waals surface area contributed by atoms with Gasteiger partial charge in [-0.2, -0.15) is 5.01 Å². The third-order valence-electron chi connectivity index (χ3n) is 4.73. The zero-order valence-corrected chi connectivity index (χ0v) is 13.9. The second-order valence-corrected chi connectivity index (χ2v) is 6.23. The maximum atomic E-state index is 13.6. The highest BCUT2D eigenvalue weighted by atomic mass is 19.1. The van der Waals surface area contributed by atoms with Crippen molar-refractivity contribution in [3.8, 4) is 0 Å². The summed E-state index contributed by atoms with van der Waals surface area (Å²) in [5.74, 6) is -1.19. The summed E-state index contributed by atoms with van der Waals surface area (Å²) in [5, 5.41) is 10.7. The Labute approximate surface area is 145 Å². The lowest BCUT2D eigenvalue weighted by molar-refractivity contribution is -0.138. The third-order valence-corrected chi connectivity index (χ3v) is 4.73. The molecule has 8 N–H and O–H groups in total. The topological polar surface area (TPSA) is 148 Å². The number of piperidine rings is 1. The lowest BCUT2D eigenvalue weighted by atomic mass is 9.73. The summed E-state index contributed by atoms with van der Waals surface area (Å²) in [4.78, 5) is 24.0. The van der Waals surface area contributed by atoms with Crippen LogP contribution in [0.2, 0.25) is 0 Å². The Morgan fingerprint density at radius 3 is 2.68 bits per heavy atom. The number of rotatable bonds is 6. The number of halogens is 1. The van der Waals surface area contributed by atoms with Gasteiger partial charge < -0.3 is 22.3 Å². The number of primary amides is 2. The van der Waals surface area contributed by atoms with Crippen molar-refractivity contribution in [3.05, 3.63) is 35.1 Å². The number of amides is 3. The number of carbonyl (C=O) groups excluding carboxylic acids is 2. The molecule has 2 rings (SSSR count). The first-order valence-electron chi connectivity index (χ1n) is 8.08. The molecule has 1 aliphatic rings. The molecule has 1 saturated heterocycles. The van der Waals surface area contributed by atoms with Crippen molar-refractivity contribution in [2.24, 2.45) is 23.1 Å². The fraction of sp³-hybridized carbons (Fsp3) is 0.500. The first-order chi connectivity index (χ1) is 11.8. The number of hydrazine groups is 1. The first kappa shape index (κ1) is 19.1. The number of urea groups is 1. The second-order valence-electron chi connectivity index (χ2n) is 6.23. The van der Waals surface area contributed by atoms with E-state index in [9.17, 15) is 19.1 Å². The molecular weight excluding hydrogens is 329 g/mol. The van der Waals surface area contributed by atoms with Gasteiger partial charge in [-0.25, -0.2) is 9.18 Å². The highest BCUT2D eigenvalue weighted by molar-refractivity contribution is 5.87. The number of nitrogens with zero attached hydrogens (tertiary/aromatic N) is 1. The Morgan fingerprint density at radius 2 is 2.12 bits per heavy atom. The average molecular weight is 353 g/mol. The van der Waals surface area contributed by atoms with Gasteiger partial charge in [0.2, 0.25) is 5.91 Å². The van der Waals surface area contributed by atoms with Crippen molar-refractivity contribution in [2.45, 2.75) is 31.3 Å². The molecule has 0 spiro atoms. The van der Waals surface area contributed by atoms with E-state index >= 15 is 0 Å². The molecule has 0 aliphatic carbocycles. The number of hydrogen-bond acceptors (Lipinski definition) is 5. The highest BCUT2D eigenvalue weighted by Gasteiger charge is 2.50. The van der Waals surface area contributed by atoms with Gasteiger partial charge in [0.05, 0.1) is 0 Å². The van der Waals surface area contributed by atoms with E-state index in [0.717, 1.165) is 0 Å². The van der Waals surface area contributed by atoms with E-state index in [-0.39, 0.29) is 25.5 Å². The van der Waals surface area contributed by atoms with E-state index in [1.165, 1.54) is 23.2 Å². The van der Waals surface area contributed by atoms with Crippen LogP contribution in [-0.2, 0) is 16.9 Å². The number of aliphatic hydroxyl groups is 1. The number of hydrogen-bond donors (Lipinski definition) is 5. The lowest BCUT2D eigenvalue weighted by Crippen LogP contribution is -2.65. The van der Waals surface area contributed by atoms with Gasteiger partial charge in [0.1, 0.15) is 11.4 Å². The van der Waals surface area contributed by atoms with Crippen LogP contribution in [-0.4, -0.2) is 35.2 Å². The van der Waals surface area contributed by atoms with E-state index in [1.54, 1.807) is 0 Å². The minimum absolute atomic E-state index is 0.000830. The molecule has 0 bridgehead atoms.